The van der Waals surface area contributed by atoms with E-state index in [2.05, 4.69) is 71.9 Å². The number of piperazine rings is 1. The zero-order chi connectivity index (χ0) is 27.1. The Balaban J connectivity index is 1.29. The summed E-state index contributed by atoms with van der Waals surface area (Å²) < 4.78 is 2.11. The first-order valence-electron chi connectivity index (χ1n) is 13.6. The number of rotatable bonds is 10. The number of nitrogens with zero attached hydrogens (tertiary/aromatic N) is 5. The van der Waals surface area contributed by atoms with E-state index in [1.807, 2.05) is 34.9 Å². The SMILES string of the molecule is Cc1ccc(-c2nnc(SCCCCC(=O)N3CCN(C(=O)CC(C)C)C(C)C3)n2-c2ccccc2)cc1. The fraction of sp³-hybridized carbons (Fsp3) is 0.467. The van der Waals surface area contributed by atoms with E-state index in [1.165, 1.54) is 5.56 Å². The third-order valence-electron chi connectivity index (χ3n) is 6.86. The Bertz CT molecular complexity index is 1210. The quantitative estimate of drug-likeness (QED) is 0.250. The summed E-state index contributed by atoms with van der Waals surface area (Å²) in [5.41, 5.74) is 3.27. The molecular formula is C30H39N5O2S. The lowest BCUT2D eigenvalue weighted by molar-refractivity contribution is -0.143. The number of thioether (sulfide) groups is 1. The molecule has 0 spiro atoms. The van der Waals surface area contributed by atoms with Crippen molar-refractivity contribution in [3.63, 3.8) is 0 Å². The van der Waals surface area contributed by atoms with Crippen molar-refractivity contribution in [1.82, 2.24) is 24.6 Å². The number of para-hydroxylation sites is 1. The lowest BCUT2D eigenvalue weighted by Crippen LogP contribution is -2.55. The van der Waals surface area contributed by atoms with Crippen LogP contribution >= 0.6 is 11.8 Å². The van der Waals surface area contributed by atoms with Crippen LogP contribution in [-0.2, 0) is 9.59 Å². The number of hydrogen-bond donors (Lipinski definition) is 0. The molecule has 4 rings (SSSR count). The average Bonchev–Trinajstić information content (AvgIpc) is 3.32. The maximum absolute atomic E-state index is 12.8. The maximum atomic E-state index is 12.8. The van der Waals surface area contributed by atoms with Crippen molar-refractivity contribution in [2.75, 3.05) is 25.4 Å². The smallest absolute Gasteiger partial charge is 0.223 e. The molecule has 2 heterocycles. The van der Waals surface area contributed by atoms with E-state index < -0.39 is 0 Å². The van der Waals surface area contributed by atoms with Crippen LogP contribution < -0.4 is 0 Å². The number of aromatic nitrogens is 3. The minimum absolute atomic E-state index is 0.0709. The predicted octanol–water partition coefficient (Wildman–Crippen LogP) is 5.61. The van der Waals surface area contributed by atoms with Crippen molar-refractivity contribution < 1.29 is 9.59 Å². The zero-order valence-corrected chi connectivity index (χ0v) is 23.8. The summed E-state index contributed by atoms with van der Waals surface area (Å²) in [7, 11) is 0. The van der Waals surface area contributed by atoms with E-state index in [1.54, 1.807) is 11.8 Å². The Morgan fingerprint density at radius 2 is 1.71 bits per heavy atom. The van der Waals surface area contributed by atoms with Crippen LogP contribution in [0.1, 0.15) is 52.0 Å². The van der Waals surface area contributed by atoms with Crippen molar-refractivity contribution in [1.29, 1.82) is 0 Å². The van der Waals surface area contributed by atoms with Gasteiger partial charge in [-0.2, -0.15) is 0 Å². The molecule has 1 aromatic heterocycles. The second-order valence-electron chi connectivity index (χ2n) is 10.5. The number of carbonyl (C=O) groups excluding carboxylic acids is 2. The predicted molar refractivity (Wildman–Crippen MR) is 153 cm³/mol. The summed E-state index contributed by atoms with van der Waals surface area (Å²) in [5.74, 6) is 2.43. The zero-order valence-electron chi connectivity index (χ0n) is 23.0. The van der Waals surface area contributed by atoms with E-state index >= 15 is 0 Å². The molecule has 202 valence electrons. The summed E-state index contributed by atoms with van der Waals surface area (Å²) in [6.45, 7) is 10.1. The Morgan fingerprint density at radius 3 is 2.39 bits per heavy atom. The van der Waals surface area contributed by atoms with E-state index in [4.69, 9.17) is 0 Å². The van der Waals surface area contributed by atoms with Gasteiger partial charge >= 0.3 is 0 Å². The molecule has 0 saturated carbocycles. The standard InChI is InChI=1S/C30H39N5O2S/c1-22(2)20-28(37)34-18-17-33(21-24(34)4)27(36)12-8-9-19-38-30-32-31-29(25-15-13-23(3)14-16-25)35(30)26-10-6-5-7-11-26/h5-7,10-11,13-16,22,24H,8-9,12,17-21H2,1-4H3. The molecule has 0 bridgehead atoms. The number of unbranched alkanes of at least 4 members (excludes halogenated alkanes) is 1. The van der Waals surface area contributed by atoms with Crippen LogP contribution in [0.4, 0.5) is 0 Å². The second kappa shape index (κ2) is 13.1. The highest BCUT2D eigenvalue weighted by molar-refractivity contribution is 7.99. The molecular weight excluding hydrogens is 494 g/mol. The molecule has 1 unspecified atom stereocenters. The lowest BCUT2D eigenvalue weighted by Gasteiger charge is -2.40. The van der Waals surface area contributed by atoms with Gasteiger partial charge in [-0.25, -0.2) is 0 Å². The largest absolute Gasteiger partial charge is 0.339 e. The number of amides is 2. The molecule has 0 radical (unpaired) electrons. The highest BCUT2D eigenvalue weighted by Gasteiger charge is 2.29. The highest BCUT2D eigenvalue weighted by Crippen LogP contribution is 2.29. The van der Waals surface area contributed by atoms with Gasteiger partial charge in [-0.1, -0.05) is 73.6 Å². The van der Waals surface area contributed by atoms with E-state index in [0.717, 1.165) is 40.8 Å². The average molecular weight is 534 g/mol. The molecule has 2 aromatic carbocycles. The normalized spacial score (nSPS) is 15.8. The van der Waals surface area contributed by atoms with E-state index in [9.17, 15) is 9.59 Å². The van der Waals surface area contributed by atoms with Crippen LogP contribution in [0, 0.1) is 12.8 Å². The van der Waals surface area contributed by atoms with Gasteiger partial charge in [0.2, 0.25) is 11.8 Å². The first-order chi connectivity index (χ1) is 18.3. The van der Waals surface area contributed by atoms with Crippen LogP contribution in [0.5, 0.6) is 0 Å². The minimum atomic E-state index is 0.0709. The highest BCUT2D eigenvalue weighted by atomic mass is 32.2. The van der Waals surface area contributed by atoms with Crippen LogP contribution in [-0.4, -0.2) is 67.8 Å². The van der Waals surface area contributed by atoms with Gasteiger partial charge in [0.25, 0.3) is 0 Å². The van der Waals surface area contributed by atoms with Crippen molar-refractivity contribution >= 4 is 23.6 Å². The summed E-state index contributed by atoms with van der Waals surface area (Å²) in [4.78, 5) is 29.2. The summed E-state index contributed by atoms with van der Waals surface area (Å²) in [6.07, 6.45) is 2.85. The molecule has 38 heavy (non-hydrogen) atoms. The van der Waals surface area contributed by atoms with Gasteiger partial charge in [-0.05, 0) is 44.7 Å². The lowest BCUT2D eigenvalue weighted by atomic mass is 10.1. The Hall–Kier alpha value is -3.13. The Kier molecular flexibility index (Phi) is 9.61. The van der Waals surface area contributed by atoms with Crippen LogP contribution in [0.25, 0.3) is 17.1 Å². The molecule has 2 amide bonds. The third kappa shape index (κ3) is 7.04. The van der Waals surface area contributed by atoms with Gasteiger partial charge in [0.1, 0.15) is 0 Å². The fourth-order valence-corrected chi connectivity index (χ4v) is 5.73. The van der Waals surface area contributed by atoms with Crippen molar-refractivity contribution in [2.24, 2.45) is 5.92 Å². The molecule has 1 aliphatic heterocycles. The van der Waals surface area contributed by atoms with Crippen molar-refractivity contribution in [2.45, 2.75) is 64.6 Å². The molecule has 7 nitrogen and oxygen atoms in total. The second-order valence-corrected chi connectivity index (χ2v) is 11.6. The summed E-state index contributed by atoms with van der Waals surface area (Å²) in [6, 6.07) is 18.6. The molecule has 1 fully saturated rings. The molecule has 0 N–H and O–H groups in total. The summed E-state index contributed by atoms with van der Waals surface area (Å²) in [5, 5.41) is 9.89. The van der Waals surface area contributed by atoms with Crippen LogP contribution in [0.3, 0.4) is 0 Å². The van der Waals surface area contributed by atoms with E-state index in [-0.39, 0.29) is 17.9 Å². The van der Waals surface area contributed by atoms with Crippen molar-refractivity contribution in [3.05, 3.63) is 60.2 Å². The monoisotopic (exact) mass is 533 g/mol. The van der Waals surface area contributed by atoms with Gasteiger partial charge in [0, 0.05) is 55.5 Å². The van der Waals surface area contributed by atoms with Gasteiger partial charge < -0.3 is 9.80 Å². The third-order valence-corrected chi connectivity index (χ3v) is 7.87. The molecule has 0 aliphatic carbocycles. The molecule has 1 aliphatic rings. The number of aryl methyl sites for hydroxylation is 1. The van der Waals surface area contributed by atoms with Crippen LogP contribution in [0.2, 0.25) is 0 Å². The molecule has 1 saturated heterocycles. The van der Waals surface area contributed by atoms with Gasteiger partial charge in [0.15, 0.2) is 11.0 Å². The Labute approximate surface area is 230 Å². The number of carbonyl (C=O) groups is 2. The Morgan fingerprint density at radius 1 is 0.974 bits per heavy atom. The topological polar surface area (TPSA) is 71.3 Å². The van der Waals surface area contributed by atoms with Crippen LogP contribution in [0.15, 0.2) is 59.8 Å². The molecule has 1 atom stereocenters. The summed E-state index contributed by atoms with van der Waals surface area (Å²) >= 11 is 1.68. The minimum Gasteiger partial charge on any atom is -0.339 e. The van der Waals surface area contributed by atoms with E-state index in [0.29, 0.717) is 38.4 Å². The number of benzene rings is 2. The van der Waals surface area contributed by atoms with Gasteiger partial charge in [0.05, 0.1) is 0 Å². The molecule has 8 heteroatoms. The van der Waals surface area contributed by atoms with Gasteiger partial charge in [-0.15, -0.1) is 10.2 Å². The fourth-order valence-electron chi connectivity index (χ4n) is 4.78. The first-order valence-corrected chi connectivity index (χ1v) is 14.6. The van der Waals surface area contributed by atoms with Gasteiger partial charge in [-0.3, -0.25) is 14.2 Å². The molecule has 3 aromatic rings. The van der Waals surface area contributed by atoms with Crippen molar-refractivity contribution in [3.8, 4) is 17.1 Å². The number of hydrogen-bond acceptors (Lipinski definition) is 5. The maximum Gasteiger partial charge on any atom is 0.223 e. The first kappa shape index (κ1) is 27.9.